The monoisotopic (exact) mass is 488 g/mol. The van der Waals surface area contributed by atoms with Gasteiger partial charge in [0.05, 0.1) is 32.5 Å². The lowest BCUT2D eigenvalue weighted by Crippen LogP contribution is -2.07. The van der Waals surface area contributed by atoms with Crippen LogP contribution in [0, 0.1) is 3.82 Å². The van der Waals surface area contributed by atoms with Gasteiger partial charge in [-0.1, -0.05) is 45.5 Å². The molecule has 0 bridgehead atoms. The smallest absolute Gasteiger partial charge is 0.338 e. The lowest BCUT2D eigenvalue weighted by molar-refractivity contribution is -0.136. The van der Waals surface area contributed by atoms with Gasteiger partial charge >= 0.3 is 5.97 Å². The number of ether oxygens (including phenoxy) is 4. The molecule has 168 valence electrons. The maximum absolute atomic E-state index is 11.9. The maximum Gasteiger partial charge on any atom is 0.338 e. The third-order valence-electron chi connectivity index (χ3n) is 4.45. The van der Waals surface area contributed by atoms with Crippen LogP contribution in [0.5, 0.6) is 17.2 Å². The quantitative estimate of drug-likeness (QED) is 0.0992. The van der Waals surface area contributed by atoms with Gasteiger partial charge < -0.3 is 18.9 Å². The van der Waals surface area contributed by atoms with Crippen molar-refractivity contribution >= 4 is 44.4 Å². The van der Waals surface area contributed by atoms with Gasteiger partial charge in [-0.25, -0.2) is 4.79 Å². The molecule has 1 aromatic heterocycles. The first-order valence-electron chi connectivity index (χ1n) is 10.0. The van der Waals surface area contributed by atoms with Crippen molar-refractivity contribution in [1.82, 2.24) is 0 Å². The van der Waals surface area contributed by atoms with E-state index in [4.69, 9.17) is 31.2 Å². The van der Waals surface area contributed by atoms with Crippen LogP contribution in [0.4, 0.5) is 0 Å². The Balaban J connectivity index is 1.47. The second-order valence-electron chi connectivity index (χ2n) is 6.63. The average molecular weight is 489 g/mol. The fourth-order valence-corrected chi connectivity index (χ4v) is 5.23. The second-order valence-corrected chi connectivity index (χ2v) is 9.55. The molecule has 5 nitrogen and oxygen atoms in total. The SMILES string of the molecule is C=C(C(=O)OCC)c1ccc(OCCCOc2ccc(-c3cc(=S)ss3)cc2)c(OC)c1. The van der Waals surface area contributed by atoms with Gasteiger partial charge in [0.2, 0.25) is 0 Å². The second kappa shape index (κ2) is 11.8. The van der Waals surface area contributed by atoms with Crippen molar-refractivity contribution in [3.63, 3.8) is 0 Å². The molecule has 0 radical (unpaired) electrons. The first-order valence-corrected chi connectivity index (χ1v) is 12.6. The van der Waals surface area contributed by atoms with Crippen LogP contribution in [-0.2, 0) is 9.53 Å². The summed E-state index contributed by atoms with van der Waals surface area (Å²) in [7, 11) is 4.84. The van der Waals surface area contributed by atoms with Crippen LogP contribution in [-0.4, -0.2) is 32.9 Å². The topological polar surface area (TPSA) is 54.0 Å². The zero-order chi connectivity index (χ0) is 22.9. The molecule has 0 N–H and O–H groups in total. The Bertz CT molecular complexity index is 1120. The molecule has 0 atom stereocenters. The molecule has 0 fully saturated rings. The van der Waals surface area contributed by atoms with E-state index < -0.39 is 5.97 Å². The minimum Gasteiger partial charge on any atom is -0.493 e. The number of methoxy groups -OCH3 is 1. The van der Waals surface area contributed by atoms with Gasteiger partial charge in [0.25, 0.3) is 0 Å². The van der Waals surface area contributed by atoms with Crippen LogP contribution in [0.2, 0.25) is 0 Å². The molecule has 0 saturated carbocycles. The summed E-state index contributed by atoms with van der Waals surface area (Å²) in [5.74, 6) is 1.48. The molecule has 0 spiro atoms. The van der Waals surface area contributed by atoms with E-state index in [0.717, 1.165) is 15.1 Å². The number of hydrogen-bond acceptors (Lipinski definition) is 8. The van der Waals surface area contributed by atoms with E-state index in [0.29, 0.717) is 43.3 Å². The Morgan fingerprint density at radius 2 is 1.75 bits per heavy atom. The molecule has 0 aliphatic carbocycles. The summed E-state index contributed by atoms with van der Waals surface area (Å²) in [5, 5.41) is 0. The molecule has 8 heteroatoms. The van der Waals surface area contributed by atoms with Gasteiger partial charge in [0, 0.05) is 11.3 Å². The molecule has 0 saturated heterocycles. The first-order chi connectivity index (χ1) is 15.5. The molecule has 3 rings (SSSR count). The fraction of sp³-hybridized carbons (Fsp3) is 0.250. The van der Waals surface area contributed by atoms with Gasteiger partial charge in [-0.05, 0) is 60.5 Å². The number of benzene rings is 2. The third kappa shape index (κ3) is 6.41. The van der Waals surface area contributed by atoms with Crippen LogP contribution in [0.25, 0.3) is 16.0 Å². The molecular formula is C24H24O5S3. The van der Waals surface area contributed by atoms with E-state index in [1.165, 1.54) is 4.88 Å². The Morgan fingerprint density at radius 1 is 1.00 bits per heavy atom. The predicted octanol–water partition coefficient (Wildman–Crippen LogP) is 6.64. The summed E-state index contributed by atoms with van der Waals surface area (Å²) in [5.41, 5.74) is 2.05. The van der Waals surface area contributed by atoms with E-state index in [-0.39, 0.29) is 5.57 Å². The summed E-state index contributed by atoms with van der Waals surface area (Å²) < 4.78 is 22.9. The van der Waals surface area contributed by atoms with Crippen LogP contribution >= 0.6 is 32.9 Å². The molecule has 3 aromatic rings. The predicted molar refractivity (Wildman–Crippen MR) is 133 cm³/mol. The van der Waals surface area contributed by atoms with Crippen LogP contribution in [0.15, 0.2) is 55.1 Å². The minimum absolute atomic E-state index is 0.278. The molecular weight excluding hydrogens is 464 g/mol. The zero-order valence-corrected chi connectivity index (χ0v) is 20.4. The van der Waals surface area contributed by atoms with E-state index in [1.807, 2.05) is 30.3 Å². The number of hydrogen-bond donors (Lipinski definition) is 0. The largest absolute Gasteiger partial charge is 0.493 e. The standard InChI is InChI=1S/C24H24O5S3/c1-4-27-24(25)16(2)18-8-11-20(21(14-18)26-3)29-13-5-12-28-19-9-6-17(7-10-19)22-15-23(30)32-31-22/h6-11,14-15H,2,4-5,12-13H2,1,3H3. The van der Waals surface area contributed by atoms with Crippen molar-refractivity contribution in [3.05, 3.63) is 64.5 Å². The Labute approximate surface area is 200 Å². The number of rotatable bonds is 11. The zero-order valence-electron chi connectivity index (χ0n) is 17.9. The van der Waals surface area contributed by atoms with Crippen molar-refractivity contribution in [1.29, 1.82) is 0 Å². The van der Waals surface area contributed by atoms with Gasteiger partial charge in [0.1, 0.15) is 9.57 Å². The Kier molecular flexibility index (Phi) is 8.84. The van der Waals surface area contributed by atoms with Crippen LogP contribution in [0.3, 0.4) is 0 Å². The van der Waals surface area contributed by atoms with E-state index in [2.05, 4.69) is 6.58 Å². The summed E-state index contributed by atoms with van der Waals surface area (Å²) in [6, 6.07) is 15.3. The summed E-state index contributed by atoms with van der Waals surface area (Å²) >= 11 is 5.19. The van der Waals surface area contributed by atoms with Gasteiger partial charge in [-0.3, -0.25) is 0 Å². The van der Waals surface area contributed by atoms with E-state index in [9.17, 15) is 4.79 Å². The average Bonchev–Trinajstić information content (AvgIpc) is 3.25. The number of carbonyl (C=O) groups is 1. The van der Waals surface area contributed by atoms with Crippen molar-refractivity contribution in [2.75, 3.05) is 26.9 Å². The van der Waals surface area contributed by atoms with Gasteiger partial charge in [0.15, 0.2) is 11.5 Å². The highest BCUT2D eigenvalue weighted by Gasteiger charge is 2.14. The van der Waals surface area contributed by atoms with Crippen molar-refractivity contribution in [2.45, 2.75) is 13.3 Å². The van der Waals surface area contributed by atoms with E-state index >= 15 is 0 Å². The lowest BCUT2D eigenvalue weighted by Gasteiger charge is -2.13. The molecule has 32 heavy (non-hydrogen) atoms. The molecule has 0 aliphatic heterocycles. The first kappa shape index (κ1) is 24.0. The highest BCUT2D eigenvalue weighted by molar-refractivity contribution is 7.80. The summed E-state index contributed by atoms with van der Waals surface area (Å²) in [4.78, 5) is 13.0. The van der Waals surface area contributed by atoms with Crippen molar-refractivity contribution in [2.24, 2.45) is 0 Å². The summed E-state index contributed by atoms with van der Waals surface area (Å²) in [6.45, 7) is 6.84. The lowest BCUT2D eigenvalue weighted by atomic mass is 10.1. The van der Waals surface area contributed by atoms with Crippen LogP contribution < -0.4 is 14.2 Å². The molecule has 0 aliphatic rings. The fourth-order valence-electron chi connectivity index (χ4n) is 2.83. The third-order valence-corrected chi connectivity index (χ3v) is 7.36. The van der Waals surface area contributed by atoms with Gasteiger partial charge in [-0.15, -0.1) is 0 Å². The minimum atomic E-state index is -0.450. The highest BCUT2D eigenvalue weighted by atomic mass is 32.9. The van der Waals surface area contributed by atoms with E-state index in [1.54, 1.807) is 52.9 Å². The molecule has 2 aromatic carbocycles. The summed E-state index contributed by atoms with van der Waals surface area (Å²) in [6.07, 6.45) is 0.702. The van der Waals surface area contributed by atoms with Crippen molar-refractivity contribution in [3.8, 4) is 27.7 Å². The van der Waals surface area contributed by atoms with Gasteiger partial charge in [-0.2, -0.15) is 0 Å². The molecule has 0 amide bonds. The Hall–Kier alpha value is -2.68. The molecule has 0 unspecified atom stereocenters. The number of carbonyl (C=O) groups excluding carboxylic acids is 1. The molecule has 1 heterocycles. The highest BCUT2D eigenvalue weighted by Crippen LogP contribution is 2.32. The maximum atomic E-state index is 11.9. The van der Waals surface area contributed by atoms with Crippen molar-refractivity contribution < 1.29 is 23.7 Å². The number of esters is 1. The normalized spacial score (nSPS) is 10.4. The van der Waals surface area contributed by atoms with Crippen LogP contribution in [0.1, 0.15) is 18.9 Å². The Morgan fingerprint density at radius 3 is 2.41 bits per heavy atom.